The number of pyridine rings is 1. The highest BCUT2D eigenvalue weighted by Gasteiger charge is 2.43. The monoisotopic (exact) mass is 664 g/mol. The van der Waals surface area contributed by atoms with Crippen molar-refractivity contribution in [3.8, 4) is 0 Å². The summed E-state index contributed by atoms with van der Waals surface area (Å²) in [6.07, 6.45) is 4.06. The lowest BCUT2D eigenvalue weighted by molar-refractivity contribution is -0.0385. The zero-order valence-electron chi connectivity index (χ0n) is 29.1. The number of benzene rings is 1. The van der Waals surface area contributed by atoms with E-state index < -0.39 is 18.2 Å². The molecule has 6 nitrogen and oxygen atoms in total. The van der Waals surface area contributed by atoms with E-state index >= 15 is 4.39 Å². The van der Waals surface area contributed by atoms with Crippen LogP contribution >= 0.6 is 0 Å². The molecule has 2 fully saturated rings. The number of alkyl halides is 3. The summed E-state index contributed by atoms with van der Waals surface area (Å²) >= 11 is 0. The molecule has 3 heterocycles. The maximum absolute atomic E-state index is 17.2. The smallest absolute Gasteiger partial charge is 0.248 e. The van der Waals surface area contributed by atoms with E-state index in [4.69, 9.17) is 9.72 Å². The molecule has 2 aliphatic carbocycles. The molecular weight excluding hydrogens is 613 g/mol. The molecule has 1 N–H and O–H groups in total. The molecule has 2 atom stereocenters. The van der Waals surface area contributed by atoms with Gasteiger partial charge in [-0.05, 0) is 73.8 Å². The summed E-state index contributed by atoms with van der Waals surface area (Å²) in [6.45, 7) is 13.0. The van der Waals surface area contributed by atoms with Gasteiger partial charge >= 0.3 is 0 Å². The SMILES string of the molecule is Cc1ccc(C(F)c2c(C3CCN(c4ncc(COCC(C)C)cn4)CC3)nc3c(c2C2CCC(F)(F)CC2)C(O)CC(C)(C)C3)cc1. The van der Waals surface area contributed by atoms with Gasteiger partial charge in [0.1, 0.15) is 0 Å². The second-order valence-corrected chi connectivity index (χ2v) is 15.7. The van der Waals surface area contributed by atoms with Crippen molar-refractivity contribution >= 4 is 5.95 Å². The summed E-state index contributed by atoms with van der Waals surface area (Å²) in [5.74, 6) is -1.88. The molecule has 1 aromatic carbocycles. The number of ether oxygens (including phenoxy) is 1. The average Bonchev–Trinajstić information content (AvgIpc) is 3.04. The van der Waals surface area contributed by atoms with Gasteiger partial charge in [-0.3, -0.25) is 4.98 Å². The zero-order chi connectivity index (χ0) is 34.2. The molecule has 0 amide bonds. The Morgan fingerprint density at radius 1 is 0.958 bits per heavy atom. The molecule has 0 radical (unpaired) electrons. The van der Waals surface area contributed by atoms with Gasteiger partial charge < -0.3 is 14.7 Å². The van der Waals surface area contributed by atoms with Gasteiger partial charge in [0.25, 0.3) is 0 Å². The van der Waals surface area contributed by atoms with E-state index in [9.17, 15) is 13.9 Å². The van der Waals surface area contributed by atoms with Crippen LogP contribution in [-0.4, -0.2) is 45.7 Å². The number of rotatable bonds is 9. The molecule has 0 spiro atoms. The fraction of sp³-hybridized carbons (Fsp3) is 0.615. The van der Waals surface area contributed by atoms with Crippen LogP contribution in [0.25, 0.3) is 0 Å². The van der Waals surface area contributed by atoms with Crippen molar-refractivity contribution in [3.63, 3.8) is 0 Å². The molecule has 1 aliphatic heterocycles. The van der Waals surface area contributed by atoms with Crippen LogP contribution in [0.1, 0.15) is 142 Å². The van der Waals surface area contributed by atoms with Crippen molar-refractivity contribution in [3.05, 3.63) is 81.4 Å². The number of aliphatic hydroxyl groups is 1. The molecule has 0 bridgehead atoms. The standard InChI is InChI=1S/C39H51F3N4O2/c1-24(2)22-48-23-26-20-43-37(44-21-26)46-16-12-29(13-17-46)36-34(35(40)28-8-6-25(3)7-9-28)32(27-10-14-39(41,42)15-11-27)33-30(45-36)18-38(4,5)19-31(33)47/h6-9,20-21,24,27,29,31,35,47H,10-19,22-23H2,1-5H3. The first-order valence-electron chi connectivity index (χ1n) is 17.8. The van der Waals surface area contributed by atoms with E-state index in [0.717, 1.165) is 40.9 Å². The first-order chi connectivity index (χ1) is 22.8. The van der Waals surface area contributed by atoms with Gasteiger partial charge in [0, 0.05) is 73.2 Å². The number of nitrogens with zero attached hydrogens (tertiary/aromatic N) is 4. The predicted octanol–water partition coefficient (Wildman–Crippen LogP) is 9.09. The van der Waals surface area contributed by atoms with Gasteiger partial charge in [-0.2, -0.15) is 0 Å². The van der Waals surface area contributed by atoms with Crippen molar-refractivity contribution in [2.24, 2.45) is 11.3 Å². The number of anilines is 1. The normalized spacial score (nSPS) is 22.1. The lowest BCUT2D eigenvalue weighted by atomic mass is 9.68. The third-order valence-electron chi connectivity index (χ3n) is 10.5. The summed E-state index contributed by atoms with van der Waals surface area (Å²) in [7, 11) is 0. The van der Waals surface area contributed by atoms with E-state index in [1.54, 1.807) is 0 Å². The van der Waals surface area contributed by atoms with Crippen LogP contribution in [0, 0.1) is 18.3 Å². The van der Waals surface area contributed by atoms with Crippen molar-refractivity contribution < 1.29 is 23.0 Å². The molecule has 9 heteroatoms. The third-order valence-corrected chi connectivity index (χ3v) is 10.5. The number of aryl methyl sites for hydroxylation is 1. The van der Waals surface area contributed by atoms with Crippen LogP contribution in [-0.2, 0) is 17.8 Å². The van der Waals surface area contributed by atoms with Crippen LogP contribution in [0.5, 0.6) is 0 Å². The Bertz CT molecular complexity index is 1540. The van der Waals surface area contributed by atoms with E-state index in [1.165, 1.54) is 0 Å². The number of halogens is 3. The molecule has 2 aromatic heterocycles. The Kier molecular flexibility index (Phi) is 10.2. The van der Waals surface area contributed by atoms with Crippen molar-refractivity contribution in [2.45, 2.75) is 123 Å². The zero-order valence-corrected chi connectivity index (χ0v) is 29.1. The van der Waals surface area contributed by atoms with Crippen LogP contribution in [0.3, 0.4) is 0 Å². The summed E-state index contributed by atoms with van der Waals surface area (Å²) in [5, 5.41) is 11.6. The van der Waals surface area contributed by atoms with Crippen molar-refractivity contribution in [1.29, 1.82) is 0 Å². The number of piperidine rings is 1. The molecule has 6 rings (SSSR count). The van der Waals surface area contributed by atoms with Gasteiger partial charge in [0.05, 0.1) is 18.4 Å². The number of aliphatic hydroxyl groups excluding tert-OH is 1. The fourth-order valence-corrected chi connectivity index (χ4v) is 7.96. The molecule has 2 unspecified atom stereocenters. The number of fused-ring (bicyclic) bond motifs is 1. The van der Waals surface area contributed by atoms with Crippen molar-refractivity contribution in [2.75, 3.05) is 24.6 Å². The van der Waals surface area contributed by atoms with Crippen LogP contribution in [0.2, 0.25) is 0 Å². The van der Waals surface area contributed by atoms with Gasteiger partial charge in [0.2, 0.25) is 11.9 Å². The summed E-state index contributed by atoms with van der Waals surface area (Å²) in [5.41, 5.74) is 5.80. The number of aromatic nitrogens is 3. The summed E-state index contributed by atoms with van der Waals surface area (Å²) in [6, 6.07) is 7.45. The van der Waals surface area contributed by atoms with Crippen LogP contribution < -0.4 is 4.90 Å². The van der Waals surface area contributed by atoms with Gasteiger partial charge in [-0.1, -0.05) is 57.5 Å². The maximum Gasteiger partial charge on any atom is 0.248 e. The minimum absolute atomic E-state index is 0.0279. The van der Waals surface area contributed by atoms with Crippen LogP contribution in [0.4, 0.5) is 19.1 Å². The van der Waals surface area contributed by atoms with Gasteiger partial charge in [-0.15, -0.1) is 0 Å². The maximum atomic E-state index is 17.2. The Hall–Kier alpha value is -3.04. The molecule has 1 saturated carbocycles. The lowest BCUT2D eigenvalue weighted by Gasteiger charge is -2.41. The fourth-order valence-electron chi connectivity index (χ4n) is 7.96. The summed E-state index contributed by atoms with van der Waals surface area (Å²) in [4.78, 5) is 16.7. The second kappa shape index (κ2) is 14.1. The largest absolute Gasteiger partial charge is 0.388 e. The molecule has 48 heavy (non-hydrogen) atoms. The Morgan fingerprint density at radius 2 is 1.60 bits per heavy atom. The predicted molar refractivity (Wildman–Crippen MR) is 182 cm³/mol. The molecular formula is C39H51F3N4O2. The molecule has 260 valence electrons. The van der Waals surface area contributed by atoms with E-state index in [0.29, 0.717) is 67.7 Å². The Balaban J connectivity index is 1.36. The van der Waals surface area contributed by atoms with Gasteiger partial charge in [-0.25, -0.2) is 23.1 Å². The average molecular weight is 665 g/mol. The second-order valence-electron chi connectivity index (χ2n) is 15.7. The topological polar surface area (TPSA) is 71.4 Å². The van der Waals surface area contributed by atoms with Crippen molar-refractivity contribution in [1.82, 2.24) is 15.0 Å². The minimum Gasteiger partial charge on any atom is -0.388 e. The molecule has 3 aromatic rings. The molecule has 1 saturated heterocycles. The quantitative estimate of drug-likeness (QED) is 0.246. The minimum atomic E-state index is -2.71. The molecule has 3 aliphatic rings. The highest BCUT2D eigenvalue weighted by atomic mass is 19.3. The number of hydrogen-bond donors (Lipinski definition) is 1. The Labute approximate surface area is 283 Å². The number of hydrogen-bond acceptors (Lipinski definition) is 6. The van der Waals surface area contributed by atoms with Crippen LogP contribution in [0.15, 0.2) is 36.7 Å². The summed E-state index contributed by atoms with van der Waals surface area (Å²) < 4.78 is 51.9. The highest BCUT2D eigenvalue weighted by molar-refractivity contribution is 5.51. The highest BCUT2D eigenvalue weighted by Crippen LogP contribution is 2.52. The van der Waals surface area contributed by atoms with Gasteiger partial charge in [0.15, 0.2) is 6.17 Å². The lowest BCUT2D eigenvalue weighted by Crippen LogP contribution is -2.36. The van der Waals surface area contributed by atoms with E-state index in [2.05, 4.69) is 42.6 Å². The van der Waals surface area contributed by atoms with E-state index in [1.807, 2.05) is 43.6 Å². The third kappa shape index (κ3) is 7.72. The first kappa shape index (κ1) is 34.8. The first-order valence-corrected chi connectivity index (χ1v) is 17.8. The Morgan fingerprint density at radius 3 is 2.23 bits per heavy atom. The van der Waals surface area contributed by atoms with E-state index in [-0.39, 0.29) is 42.9 Å².